The van der Waals surface area contributed by atoms with E-state index in [1.165, 1.54) is 0 Å². The van der Waals surface area contributed by atoms with Crippen LogP contribution in [0, 0.1) is 5.92 Å². The lowest BCUT2D eigenvalue weighted by molar-refractivity contribution is 0.0913. The molecule has 0 saturated heterocycles. The van der Waals surface area contributed by atoms with E-state index in [4.69, 9.17) is 0 Å². The van der Waals surface area contributed by atoms with Crippen molar-refractivity contribution in [2.45, 2.75) is 32.9 Å². The summed E-state index contributed by atoms with van der Waals surface area (Å²) in [6.45, 7) is 5.38. The number of ketones is 1. The quantitative estimate of drug-likeness (QED) is 0.891. The Bertz CT molecular complexity index is 711. The molecule has 3 rings (SSSR count). The summed E-state index contributed by atoms with van der Waals surface area (Å²) in [5, 5.41) is 3.32. The van der Waals surface area contributed by atoms with Gasteiger partial charge in [-0.15, -0.1) is 0 Å². The lowest BCUT2D eigenvalue weighted by atomic mass is 9.95. The Balaban J connectivity index is 2.04. The maximum atomic E-state index is 12.7. The Morgan fingerprint density at radius 2 is 2.20 bits per heavy atom. The van der Waals surface area contributed by atoms with Crippen molar-refractivity contribution in [2.75, 3.05) is 6.54 Å². The second-order valence-electron chi connectivity index (χ2n) is 5.70. The number of aromatic nitrogens is 2. The molecule has 0 amide bonds. The van der Waals surface area contributed by atoms with Crippen LogP contribution in [0.3, 0.4) is 0 Å². The molecule has 0 radical (unpaired) electrons. The van der Waals surface area contributed by atoms with E-state index in [0.29, 0.717) is 31.1 Å². The topological polar surface area (TPSA) is 66.9 Å². The minimum Gasteiger partial charge on any atom is -0.314 e. The number of hydrogen-bond donors (Lipinski definition) is 2. The smallest absolute Gasteiger partial charge is 0.314 e. The van der Waals surface area contributed by atoms with Gasteiger partial charge in [-0.1, -0.05) is 19.9 Å². The first-order valence-corrected chi connectivity index (χ1v) is 7.07. The molecule has 5 nitrogen and oxygen atoms in total. The highest BCUT2D eigenvalue weighted by molar-refractivity contribution is 6.07. The van der Waals surface area contributed by atoms with Crippen LogP contribution in [0.4, 0.5) is 0 Å². The summed E-state index contributed by atoms with van der Waals surface area (Å²) in [4.78, 5) is 27.5. The number of para-hydroxylation sites is 1. The summed E-state index contributed by atoms with van der Waals surface area (Å²) < 4.78 is 1.69. The van der Waals surface area contributed by atoms with E-state index in [0.717, 1.165) is 11.0 Å². The highest BCUT2D eigenvalue weighted by atomic mass is 16.1. The van der Waals surface area contributed by atoms with Crippen molar-refractivity contribution in [2.24, 2.45) is 5.92 Å². The van der Waals surface area contributed by atoms with E-state index in [-0.39, 0.29) is 17.4 Å². The van der Waals surface area contributed by atoms with Crippen LogP contribution in [0.15, 0.2) is 23.0 Å². The van der Waals surface area contributed by atoms with Gasteiger partial charge in [0.05, 0.1) is 11.0 Å². The zero-order valence-corrected chi connectivity index (χ0v) is 11.8. The van der Waals surface area contributed by atoms with Gasteiger partial charge in [0.15, 0.2) is 5.78 Å². The van der Waals surface area contributed by atoms with Gasteiger partial charge in [-0.25, -0.2) is 4.79 Å². The molecule has 0 spiro atoms. The Morgan fingerprint density at radius 1 is 1.40 bits per heavy atom. The van der Waals surface area contributed by atoms with Crippen molar-refractivity contribution in [3.8, 4) is 0 Å². The van der Waals surface area contributed by atoms with Crippen molar-refractivity contribution in [1.29, 1.82) is 0 Å². The molecule has 20 heavy (non-hydrogen) atoms. The molecule has 2 heterocycles. The molecule has 0 aliphatic carbocycles. The van der Waals surface area contributed by atoms with Gasteiger partial charge in [-0.3, -0.25) is 9.36 Å². The summed E-state index contributed by atoms with van der Waals surface area (Å²) >= 11 is 0. The SMILES string of the molecule is CC(C)NCC1CCn2c(=O)[nH]c3cccc(c32)C1=O. The molecule has 1 unspecified atom stereocenters. The Kier molecular flexibility index (Phi) is 3.22. The van der Waals surface area contributed by atoms with Crippen LogP contribution < -0.4 is 11.0 Å². The third kappa shape index (κ3) is 2.08. The second-order valence-corrected chi connectivity index (χ2v) is 5.70. The molecule has 1 atom stereocenters. The van der Waals surface area contributed by atoms with E-state index in [2.05, 4.69) is 24.1 Å². The lowest BCUT2D eigenvalue weighted by Gasteiger charge is -2.16. The molecule has 106 valence electrons. The second kappa shape index (κ2) is 4.90. The van der Waals surface area contributed by atoms with Gasteiger partial charge in [0.1, 0.15) is 0 Å². The summed E-state index contributed by atoms with van der Waals surface area (Å²) in [5.41, 5.74) is 2.04. The number of carbonyl (C=O) groups excluding carboxylic acids is 1. The van der Waals surface area contributed by atoms with E-state index in [1.54, 1.807) is 4.57 Å². The molecule has 1 aliphatic rings. The van der Waals surface area contributed by atoms with Crippen molar-refractivity contribution in [3.63, 3.8) is 0 Å². The van der Waals surface area contributed by atoms with Gasteiger partial charge >= 0.3 is 5.69 Å². The van der Waals surface area contributed by atoms with Crippen LogP contribution in [0.1, 0.15) is 30.6 Å². The summed E-state index contributed by atoms with van der Waals surface area (Å²) in [6, 6.07) is 5.84. The Morgan fingerprint density at radius 3 is 2.95 bits per heavy atom. The van der Waals surface area contributed by atoms with Crippen molar-refractivity contribution >= 4 is 16.8 Å². The van der Waals surface area contributed by atoms with Crippen LogP contribution in [0.2, 0.25) is 0 Å². The first-order chi connectivity index (χ1) is 9.58. The molecule has 2 N–H and O–H groups in total. The first-order valence-electron chi connectivity index (χ1n) is 7.07. The van der Waals surface area contributed by atoms with Gasteiger partial charge in [0.2, 0.25) is 0 Å². The number of H-pyrrole nitrogens is 1. The first kappa shape index (κ1) is 13.1. The van der Waals surface area contributed by atoms with E-state index < -0.39 is 0 Å². The molecule has 1 aliphatic heterocycles. The highest BCUT2D eigenvalue weighted by Crippen LogP contribution is 2.25. The predicted molar refractivity (Wildman–Crippen MR) is 78.1 cm³/mol. The third-order valence-electron chi connectivity index (χ3n) is 3.90. The van der Waals surface area contributed by atoms with Crippen LogP contribution >= 0.6 is 0 Å². The van der Waals surface area contributed by atoms with Crippen LogP contribution in [0.25, 0.3) is 11.0 Å². The zero-order valence-electron chi connectivity index (χ0n) is 11.8. The number of benzene rings is 1. The molecular formula is C15H19N3O2. The van der Waals surface area contributed by atoms with Crippen LogP contribution in [0.5, 0.6) is 0 Å². The molecule has 0 saturated carbocycles. The number of carbonyl (C=O) groups is 1. The standard InChI is InChI=1S/C15H19N3O2/c1-9(2)16-8-10-6-7-18-13-11(14(10)19)4-3-5-12(13)17-15(18)20/h3-5,9-10,16H,6-8H2,1-2H3,(H,17,20). The maximum Gasteiger partial charge on any atom is 0.326 e. The van der Waals surface area contributed by atoms with Crippen LogP contribution in [-0.4, -0.2) is 27.9 Å². The van der Waals surface area contributed by atoms with E-state index >= 15 is 0 Å². The fraction of sp³-hybridized carbons (Fsp3) is 0.467. The molecule has 1 aromatic heterocycles. The van der Waals surface area contributed by atoms with E-state index in [1.807, 2.05) is 18.2 Å². The zero-order chi connectivity index (χ0) is 14.3. The van der Waals surface area contributed by atoms with Gasteiger partial charge in [-0.05, 0) is 18.6 Å². The fourth-order valence-electron chi connectivity index (χ4n) is 2.84. The fourth-order valence-corrected chi connectivity index (χ4v) is 2.84. The highest BCUT2D eigenvalue weighted by Gasteiger charge is 2.27. The molecule has 0 fully saturated rings. The van der Waals surface area contributed by atoms with Gasteiger partial charge in [-0.2, -0.15) is 0 Å². The van der Waals surface area contributed by atoms with Crippen LogP contribution in [-0.2, 0) is 6.54 Å². The minimum absolute atomic E-state index is 0.0673. The normalized spacial score (nSPS) is 18.8. The van der Waals surface area contributed by atoms with Crippen molar-refractivity contribution < 1.29 is 4.79 Å². The number of hydrogen-bond acceptors (Lipinski definition) is 3. The molecular weight excluding hydrogens is 254 g/mol. The van der Waals surface area contributed by atoms with Gasteiger partial charge in [0, 0.05) is 30.6 Å². The number of aromatic amines is 1. The Hall–Kier alpha value is -1.88. The minimum atomic E-state index is -0.127. The molecule has 1 aromatic carbocycles. The summed E-state index contributed by atoms with van der Waals surface area (Å²) in [7, 11) is 0. The predicted octanol–water partition coefficient (Wildman–Crippen LogP) is 1.53. The summed E-state index contributed by atoms with van der Waals surface area (Å²) in [6.07, 6.45) is 0.695. The third-order valence-corrected chi connectivity index (χ3v) is 3.90. The number of nitrogens with zero attached hydrogens (tertiary/aromatic N) is 1. The number of aryl methyl sites for hydroxylation is 1. The average Bonchev–Trinajstić information content (AvgIpc) is 2.65. The monoisotopic (exact) mass is 273 g/mol. The van der Waals surface area contributed by atoms with Gasteiger partial charge in [0.25, 0.3) is 0 Å². The van der Waals surface area contributed by atoms with Gasteiger partial charge < -0.3 is 10.3 Å². The molecule has 5 heteroatoms. The number of rotatable bonds is 3. The number of imidazole rings is 1. The lowest BCUT2D eigenvalue weighted by Crippen LogP contribution is -2.33. The number of Topliss-reactive ketones (excluding diaryl/α,β-unsaturated/α-hetero) is 1. The molecule has 2 aromatic rings. The Labute approximate surface area is 117 Å². The maximum absolute atomic E-state index is 12.7. The summed E-state index contributed by atoms with van der Waals surface area (Å²) in [5.74, 6) is 0.0660. The number of nitrogens with one attached hydrogen (secondary N) is 2. The van der Waals surface area contributed by atoms with Crippen molar-refractivity contribution in [1.82, 2.24) is 14.9 Å². The average molecular weight is 273 g/mol. The molecule has 0 bridgehead atoms. The largest absolute Gasteiger partial charge is 0.326 e. The van der Waals surface area contributed by atoms with E-state index in [9.17, 15) is 9.59 Å². The van der Waals surface area contributed by atoms with Crippen molar-refractivity contribution in [3.05, 3.63) is 34.2 Å².